The number of hydrogen-bond acceptors (Lipinski definition) is 4. The van der Waals surface area contributed by atoms with Crippen LogP contribution >= 0.6 is 11.6 Å². The van der Waals surface area contributed by atoms with E-state index in [1.165, 1.54) is 0 Å². The Morgan fingerprint density at radius 1 is 1.15 bits per heavy atom. The first-order valence-corrected chi connectivity index (χ1v) is 6.35. The number of nitrogens with zero attached hydrogens (tertiary/aromatic N) is 1. The van der Waals surface area contributed by atoms with E-state index in [0.717, 1.165) is 17.1 Å². The summed E-state index contributed by atoms with van der Waals surface area (Å²) in [4.78, 5) is 0. The van der Waals surface area contributed by atoms with Crippen LogP contribution in [0.2, 0.25) is 5.02 Å². The van der Waals surface area contributed by atoms with E-state index in [-0.39, 0.29) is 6.79 Å². The van der Waals surface area contributed by atoms with Crippen LogP contribution in [0.3, 0.4) is 0 Å². The van der Waals surface area contributed by atoms with Crippen molar-refractivity contribution in [3.63, 3.8) is 0 Å². The monoisotopic (exact) mass is 287 g/mol. The van der Waals surface area contributed by atoms with Gasteiger partial charge in [0.1, 0.15) is 18.4 Å². The van der Waals surface area contributed by atoms with Crippen molar-refractivity contribution in [2.24, 2.45) is 0 Å². The fraction of sp³-hybridized carbons (Fsp3) is 0.133. The van der Waals surface area contributed by atoms with Gasteiger partial charge in [-0.3, -0.25) is 0 Å². The molecule has 1 aliphatic heterocycles. The molecule has 0 saturated heterocycles. The summed E-state index contributed by atoms with van der Waals surface area (Å²) in [5, 5.41) is 9.19. The van der Waals surface area contributed by atoms with E-state index in [9.17, 15) is 0 Å². The van der Waals surface area contributed by atoms with Crippen molar-refractivity contribution in [2.75, 3.05) is 6.79 Å². The second-order valence-electron chi connectivity index (χ2n) is 4.23. The summed E-state index contributed by atoms with van der Waals surface area (Å²) in [6.07, 6.45) is 0. The van der Waals surface area contributed by atoms with Gasteiger partial charge in [-0.2, -0.15) is 5.26 Å². The molecule has 20 heavy (non-hydrogen) atoms. The predicted octanol–water partition coefficient (Wildman–Crippen LogP) is 3.52. The molecule has 0 bridgehead atoms. The van der Waals surface area contributed by atoms with Crippen molar-refractivity contribution in [3.05, 3.63) is 52.5 Å². The maximum atomic E-state index is 8.81. The van der Waals surface area contributed by atoms with E-state index in [0.29, 0.717) is 22.9 Å². The molecule has 0 unspecified atom stereocenters. The Bertz CT molecular complexity index is 683. The lowest BCUT2D eigenvalue weighted by atomic mass is 10.2. The predicted molar refractivity (Wildman–Crippen MR) is 73.1 cm³/mol. The van der Waals surface area contributed by atoms with Crippen LogP contribution in [0, 0.1) is 11.3 Å². The molecular formula is C15H10ClNO3. The van der Waals surface area contributed by atoms with Crippen LogP contribution in [0.4, 0.5) is 0 Å². The molecule has 0 atom stereocenters. The Hall–Kier alpha value is -2.38. The lowest BCUT2D eigenvalue weighted by Crippen LogP contribution is -1.96. The molecule has 2 aromatic rings. The summed E-state index contributed by atoms with van der Waals surface area (Å²) in [5.74, 6) is 2.09. The van der Waals surface area contributed by atoms with Gasteiger partial charge in [-0.1, -0.05) is 17.7 Å². The molecule has 0 fully saturated rings. The minimum absolute atomic E-state index is 0.255. The molecule has 0 spiro atoms. The Morgan fingerprint density at radius 3 is 2.80 bits per heavy atom. The molecule has 1 aliphatic rings. The maximum Gasteiger partial charge on any atom is 0.231 e. The van der Waals surface area contributed by atoms with Crippen LogP contribution in [0.5, 0.6) is 17.2 Å². The Labute approximate surface area is 121 Å². The molecule has 4 nitrogen and oxygen atoms in total. The van der Waals surface area contributed by atoms with E-state index >= 15 is 0 Å². The first kappa shape index (κ1) is 12.6. The normalized spacial score (nSPS) is 12.0. The summed E-state index contributed by atoms with van der Waals surface area (Å²) in [6, 6.07) is 12.6. The van der Waals surface area contributed by atoms with Gasteiger partial charge in [0.25, 0.3) is 0 Å². The van der Waals surface area contributed by atoms with E-state index in [2.05, 4.69) is 0 Å². The lowest BCUT2D eigenvalue weighted by molar-refractivity contribution is 0.174. The fourth-order valence-corrected chi connectivity index (χ4v) is 2.09. The largest absolute Gasteiger partial charge is 0.489 e. The second kappa shape index (κ2) is 5.32. The number of fused-ring (bicyclic) bond motifs is 1. The lowest BCUT2D eigenvalue weighted by Gasteiger charge is -2.07. The van der Waals surface area contributed by atoms with Crippen LogP contribution in [-0.4, -0.2) is 6.79 Å². The van der Waals surface area contributed by atoms with Gasteiger partial charge in [-0.25, -0.2) is 0 Å². The number of hydrogen-bond donors (Lipinski definition) is 0. The third-order valence-electron chi connectivity index (χ3n) is 2.90. The minimum atomic E-state index is 0.255. The molecule has 0 N–H and O–H groups in total. The third-order valence-corrected chi connectivity index (χ3v) is 3.22. The molecule has 1 heterocycles. The van der Waals surface area contributed by atoms with Crippen LogP contribution in [0.1, 0.15) is 11.1 Å². The summed E-state index contributed by atoms with van der Waals surface area (Å²) >= 11 is 5.95. The quantitative estimate of drug-likeness (QED) is 0.867. The van der Waals surface area contributed by atoms with E-state index < -0.39 is 0 Å². The number of rotatable bonds is 3. The number of nitriles is 1. The summed E-state index contributed by atoms with van der Waals surface area (Å²) in [7, 11) is 0. The zero-order chi connectivity index (χ0) is 13.9. The van der Waals surface area contributed by atoms with Crippen molar-refractivity contribution in [2.45, 2.75) is 6.61 Å². The van der Waals surface area contributed by atoms with Crippen LogP contribution < -0.4 is 14.2 Å². The molecule has 5 heteroatoms. The summed E-state index contributed by atoms with van der Waals surface area (Å²) < 4.78 is 16.2. The zero-order valence-corrected chi connectivity index (χ0v) is 11.2. The van der Waals surface area contributed by atoms with Gasteiger partial charge < -0.3 is 14.2 Å². The topological polar surface area (TPSA) is 51.5 Å². The van der Waals surface area contributed by atoms with Crippen LogP contribution in [-0.2, 0) is 6.61 Å². The van der Waals surface area contributed by atoms with Gasteiger partial charge in [0.2, 0.25) is 6.79 Å². The molecule has 3 rings (SSSR count). The van der Waals surface area contributed by atoms with Crippen LogP contribution in [0.15, 0.2) is 36.4 Å². The smallest absolute Gasteiger partial charge is 0.231 e. The van der Waals surface area contributed by atoms with Crippen LogP contribution in [0.25, 0.3) is 0 Å². The molecule has 0 radical (unpaired) electrons. The highest BCUT2D eigenvalue weighted by Crippen LogP contribution is 2.33. The van der Waals surface area contributed by atoms with Gasteiger partial charge in [-0.15, -0.1) is 0 Å². The zero-order valence-electron chi connectivity index (χ0n) is 10.4. The second-order valence-corrected chi connectivity index (χ2v) is 4.64. The average Bonchev–Trinajstić information content (AvgIpc) is 2.92. The first-order valence-electron chi connectivity index (χ1n) is 5.97. The van der Waals surface area contributed by atoms with Gasteiger partial charge in [0, 0.05) is 6.07 Å². The summed E-state index contributed by atoms with van der Waals surface area (Å²) in [6.45, 7) is 0.643. The number of ether oxygens (including phenoxy) is 3. The van der Waals surface area contributed by atoms with Gasteiger partial charge in [0.15, 0.2) is 11.5 Å². The molecule has 100 valence electrons. The van der Waals surface area contributed by atoms with Crippen molar-refractivity contribution < 1.29 is 14.2 Å². The van der Waals surface area contributed by atoms with Gasteiger partial charge in [-0.05, 0) is 29.8 Å². The number of halogens is 1. The first-order chi connectivity index (χ1) is 9.76. The Morgan fingerprint density at radius 2 is 2.00 bits per heavy atom. The van der Waals surface area contributed by atoms with E-state index in [1.807, 2.05) is 24.3 Å². The van der Waals surface area contributed by atoms with Crippen molar-refractivity contribution in [1.82, 2.24) is 0 Å². The standard InChI is InChI=1S/C15H10ClNO3/c16-13-6-12(3-2-11(13)7-17)18-8-10-1-4-14-15(5-10)20-9-19-14/h1-6H,8-9H2. The molecule has 2 aromatic carbocycles. The molecule has 0 amide bonds. The Kier molecular flexibility index (Phi) is 3.36. The molecule has 0 saturated carbocycles. The van der Waals surface area contributed by atoms with Crippen molar-refractivity contribution in [1.29, 1.82) is 5.26 Å². The third kappa shape index (κ3) is 2.49. The average molecular weight is 288 g/mol. The molecule has 0 aliphatic carbocycles. The SMILES string of the molecule is N#Cc1ccc(OCc2ccc3c(c2)OCO3)cc1Cl. The van der Waals surface area contributed by atoms with Crippen molar-refractivity contribution in [3.8, 4) is 23.3 Å². The molecular weight excluding hydrogens is 278 g/mol. The highest BCUT2D eigenvalue weighted by molar-refractivity contribution is 6.31. The maximum absolute atomic E-state index is 8.81. The highest BCUT2D eigenvalue weighted by atomic mass is 35.5. The van der Waals surface area contributed by atoms with Gasteiger partial charge in [0.05, 0.1) is 10.6 Å². The number of benzene rings is 2. The van der Waals surface area contributed by atoms with E-state index in [4.69, 9.17) is 31.1 Å². The molecule has 0 aromatic heterocycles. The Balaban J connectivity index is 1.70. The van der Waals surface area contributed by atoms with Crippen molar-refractivity contribution >= 4 is 11.6 Å². The fourth-order valence-electron chi connectivity index (χ4n) is 1.87. The van der Waals surface area contributed by atoms with E-state index in [1.54, 1.807) is 18.2 Å². The minimum Gasteiger partial charge on any atom is -0.489 e. The highest BCUT2D eigenvalue weighted by Gasteiger charge is 2.13. The summed E-state index contributed by atoms with van der Waals surface area (Å²) in [5.41, 5.74) is 1.40. The van der Waals surface area contributed by atoms with Gasteiger partial charge >= 0.3 is 0 Å².